The fourth-order valence-electron chi connectivity index (χ4n) is 5.03. The van der Waals surface area contributed by atoms with Gasteiger partial charge in [0.05, 0.1) is 29.7 Å². The third-order valence-electron chi connectivity index (χ3n) is 7.53. The number of aliphatic hydroxyl groups is 1. The van der Waals surface area contributed by atoms with Crippen LogP contribution in [0.5, 0.6) is 0 Å². The number of halogens is 1. The van der Waals surface area contributed by atoms with Crippen LogP contribution in [0.2, 0.25) is 0 Å². The standard InChI is InChI=1S/C30H40FN5O3/c1-6-7-8-13-35(25-15-22(16-32)10-9-21(25)2)20-24-14-23(11-12-30(24,5)31)19-36(28(37)38)27-18-33-26(17-34-27)29(3,4)39/h8-10,13,15,17-18,23-24,39H,6-7,11-12,14,19-20H2,1-5H3,(H,37,38)/b13-8+/t23?,24-,30?/m0/s1. The van der Waals surface area contributed by atoms with E-state index in [1.165, 1.54) is 12.4 Å². The van der Waals surface area contributed by atoms with Crippen molar-refractivity contribution in [3.8, 4) is 6.07 Å². The van der Waals surface area contributed by atoms with Crippen LogP contribution in [0.1, 0.15) is 76.6 Å². The zero-order chi connectivity index (χ0) is 28.8. The number of rotatable bonds is 10. The number of aryl methyl sites for hydroxylation is 1. The van der Waals surface area contributed by atoms with E-state index in [1.54, 1.807) is 26.8 Å². The van der Waals surface area contributed by atoms with Crippen LogP contribution >= 0.6 is 0 Å². The number of unbranched alkanes of at least 4 members (excludes halogenated alkanes) is 1. The molecule has 1 heterocycles. The van der Waals surface area contributed by atoms with E-state index < -0.39 is 17.4 Å². The molecule has 39 heavy (non-hydrogen) atoms. The summed E-state index contributed by atoms with van der Waals surface area (Å²) in [4.78, 5) is 23.8. The number of allylic oxidation sites excluding steroid dienone is 1. The van der Waals surface area contributed by atoms with Crippen molar-refractivity contribution in [2.24, 2.45) is 11.8 Å². The summed E-state index contributed by atoms with van der Waals surface area (Å²) < 4.78 is 15.9. The lowest BCUT2D eigenvalue weighted by Gasteiger charge is -2.42. The number of hydrogen-bond donors (Lipinski definition) is 2. The Balaban J connectivity index is 1.84. The number of hydrogen-bond acceptors (Lipinski definition) is 6. The molecular weight excluding hydrogens is 497 g/mol. The smallest absolute Gasteiger partial charge is 0.413 e. The predicted molar refractivity (Wildman–Crippen MR) is 150 cm³/mol. The Morgan fingerprint density at radius 2 is 2.05 bits per heavy atom. The number of anilines is 2. The highest BCUT2D eigenvalue weighted by molar-refractivity contribution is 5.84. The summed E-state index contributed by atoms with van der Waals surface area (Å²) in [5.74, 6) is -0.251. The number of benzene rings is 1. The van der Waals surface area contributed by atoms with E-state index in [1.807, 2.05) is 30.2 Å². The van der Waals surface area contributed by atoms with Gasteiger partial charge in [0.2, 0.25) is 0 Å². The molecule has 1 aliphatic carbocycles. The van der Waals surface area contributed by atoms with E-state index in [0.29, 0.717) is 37.1 Å². The molecule has 0 radical (unpaired) electrons. The molecular formula is C30H40FN5O3. The van der Waals surface area contributed by atoms with Gasteiger partial charge >= 0.3 is 6.09 Å². The summed E-state index contributed by atoms with van der Waals surface area (Å²) in [6.45, 7) is 9.46. The van der Waals surface area contributed by atoms with Crippen molar-refractivity contribution < 1.29 is 19.4 Å². The quantitative estimate of drug-likeness (QED) is 0.364. The van der Waals surface area contributed by atoms with Crippen LogP contribution in [-0.4, -0.2) is 45.0 Å². The molecule has 210 valence electrons. The molecule has 0 saturated heterocycles. The van der Waals surface area contributed by atoms with Gasteiger partial charge in [-0.1, -0.05) is 25.5 Å². The zero-order valence-electron chi connectivity index (χ0n) is 23.6. The van der Waals surface area contributed by atoms with Gasteiger partial charge < -0.3 is 15.1 Å². The maximum Gasteiger partial charge on any atom is 0.413 e. The Morgan fingerprint density at radius 3 is 2.64 bits per heavy atom. The highest BCUT2D eigenvalue weighted by Gasteiger charge is 2.42. The van der Waals surface area contributed by atoms with Crippen LogP contribution < -0.4 is 9.80 Å². The van der Waals surface area contributed by atoms with Crippen molar-refractivity contribution in [2.45, 2.75) is 78.0 Å². The second kappa shape index (κ2) is 12.6. The van der Waals surface area contributed by atoms with Crippen LogP contribution in [-0.2, 0) is 5.60 Å². The fraction of sp³-hybridized carbons (Fsp3) is 0.533. The predicted octanol–water partition coefficient (Wildman–Crippen LogP) is 6.33. The minimum atomic E-state index is -1.42. The highest BCUT2D eigenvalue weighted by atomic mass is 19.1. The second-order valence-corrected chi connectivity index (χ2v) is 11.3. The molecule has 3 rings (SSSR count). The van der Waals surface area contributed by atoms with Crippen LogP contribution in [0.4, 0.5) is 20.7 Å². The van der Waals surface area contributed by atoms with Crippen LogP contribution in [0.25, 0.3) is 0 Å². The van der Waals surface area contributed by atoms with E-state index in [4.69, 9.17) is 0 Å². The van der Waals surface area contributed by atoms with Crippen LogP contribution in [0.3, 0.4) is 0 Å². The molecule has 0 spiro atoms. The van der Waals surface area contributed by atoms with Crippen molar-refractivity contribution in [1.82, 2.24) is 9.97 Å². The first-order chi connectivity index (χ1) is 18.4. The van der Waals surface area contributed by atoms with E-state index >= 15 is 4.39 Å². The summed E-state index contributed by atoms with van der Waals surface area (Å²) in [6, 6.07) is 7.71. The van der Waals surface area contributed by atoms with Gasteiger partial charge in [-0.25, -0.2) is 14.2 Å². The number of nitrogens with zero attached hydrogens (tertiary/aromatic N) is 5. The molecule has 1 fully saturated rings. The average Bonchev–Trinajstić information content (AvgIpc) is 2.88. The Bertz CT molecular complexity index is 1200. The van der Waals surface area contributed by atoms with Crippen LogP contribution in [0, 0.1) is 30.1 Å². The van der Waals surface area contributed by atoms with Crippen molar-refractivity contribution in [2.75, 3.05) is 22.9 Å². The summed E-state index contributed by atoms with van der Waals surface area (Å²) in [6.07, 6.45) is 8.87. The zero-order valence-corrected chi connectivity index (χ0v) is 23.6. The van der Waals surface area contributed by atoms with Crippen molar-refractivity contribution in [3.63, 3.8) is 0 Å². The van der Waals surface area contributed by atoms with E-state index in [0.717, 1.165) is 29.0 Å². The van der Waals surface area contributed by atoms with E-state index in [-0.39, 0.29) is 24.2 Å². The van der Waals surface area contributed by atoms with Gasteiger partial charge in [-0.15, -0.1) is 0 Å². The monoisotopic (exact) mass is 537 g/mol. The lowest BCUT2D eigenvalue weighted by Crippen LogP contribution is -2.45. The van der Waals surface area contributed by atoms with Crippen molar-refractivity contribution >= 4 is 17.6 Å². The van der Waals surface area contributed by atoms with Gasteiger partial charge in [-0.3, -0.25) is 9.88 Å². The Labute approximate surface area is 230 Å². The van der Waals surface area contributed by atoms with E-state index in [2.05, 4.69) is 29.0 Å². The molecule has 1 amide bonds. The van der Waals surface area contributed by atoms with Gasteiger partial charge in [0.1, 0.15) is 11.3 Å². The number of alkyl halides is 1. The molecule has 8 nitrogen and oxygen atoms in total. The average molecular weight is 538 g/mol. The largest absolute Gasteiger partial charge is 0.465 e. The molecule has 0 bridgehead atoms. The first-order valence-corrected chi connectivity index (χ1v) is 13.5. The lowest BCUT2D eigenvalue weighted by atomic mass is 9.72. The number of carbonyl (C=O) groups is 1. The van der Waals surface area contributed by atoms with Crippen molar-refractivity contribution in [1.29, 1.82) is 5.26 Å². The SMILES string of the molecule is CCC/C=C/N(C[C@@H]1CC(CN(C(=O)O)c2cnc(C(C)(C)O)cn2)CCC1(C)F)c1cc(C#N)ccc1C. The summed E-state index contributed by atoms with van der Waals surface area (Å²) >= 11 is 0. The molecule has 9 heteroatoms. The topological polar surface area (TPSA) is 114 Å². The lowest BCUT2D eigenvalue weighted by molar-refractivity contribution is 0.0390. The van der Waals surface area contributed by atoms with Crippen LogP contribution in [0.15, 0.2) is 42.9 Å². The molecule has 3 atom stereocenters. The first-order valence-electron chi connectivity index (χ1n) is 13.5. The number of carboxylic acid groups (broad SMARTS) is 1. The van der Waals surface area contributed by atoms with Gasteiger partial charge in [-0.05, 0) is 77.0 Å². The third-order valence-corrected chi connectivity index (χ3v) is 7.53. The summed E-state index contributed by atoms with van der Waals surface area (Å²) in [5, 5.41) is 29.5. The summed E-state index contributed by atoms with van der Waals surface area (Å²) in [5.41, 5.74) is 0.139. The van der Waals surface area contributed by atoms with Gasteiger partial charge in [-0.2, -0.15) is 5.26 Å². The molecule has 1 saturated carbocycles. The molecule has 1 aliphatic rings. The van der Waals surface area contributed by atoms with Gasteiger partial charge in [0.25, 0.3) is 0 Å². The Morgan fingerprint density at radius 1 is 1.31 bits per heavy atom. The first kappa shape index (κ1) is 30.0. The Kier molecular flexibility index (Phi) is 9.68. The third kappa shape index (κ3) is 7.76. The normalized spacial score (nSPS) is 21.5. The molecule has 2 N–H and O–H groups in total. The fourth-order valence-corrected chi connectivity index (χ4v) is 5.03. The van der Waals surface area contributed by atoms with Gasteiger partial charge in [0.15, 0.2) is 5.82 Å². The Hall–Kier alpha value is -3.51. The molecule has 1 aromatic carbocycles. The molecule has 1 aromatic heterocycles. The minimum Gasteiger partial charge on any atom is -0.465 e. The molecule has 2 unspecified atom stereocenters. The second-order valence-electron chi connectivity index (χ2n) is 11.3. The molecule has 2 aromatic rings. The maximum atomic E-state index is 15.9. The number of amides is 1. The molecule has 0 aliphatic heterocycles. The van der Waals surface area contributed by atoms with E-state index in [9.17, 15) is 20.3 Å². The highest BCUT2D eigenvalue weighted by Crippen LogP contribution is 2.41. The van der Waals surface area contributed by atoms with Gasteiger partial charge in [0, 0.05) is 30.9 Å². The number of aromatic nitrogens is 2. The maximum absolute atomic E-state index is 15.9. The minimum absolute atomic E-state index is 0.0707. The summed E-state index contributed by atoms with van der Waals surface area (Å²) in [7, 11) is 0. The van der Waals surface area contributed by atoms with Crippen molar-refractivity contribution in [3.05, 3.63) is 59.7 Å². The number of nitriles is 1.